The van der Waals surface area contributed by atoms with Gasteiger partial charge in [0.25, 0.3) is 0 Å². The second-order valence-electron chi connectivity index (χ2n) is 1.36. The average molecular weight is 103 g/mol. The molecule has 0 heterocycles. The van der Waals surface area contributed by atoms with Gasteiger partial charge in [-0.1, -0.05) is 6.92 Å². The minimum Gasteiger partial charge on any atom is -0.216 e. The van der Waals surface area contributed by atoms with E-state index in [1.807, 2.05) is 6.92 Å². The molecule has 0 saturated carbocycles. The molecule has 0 aromatic carbocycles. The van der Waals surface area contributed by atoms with Crippen LogP contribution < -0.4 is 0 Å². The number of hydrogen-bond donors (Lipinski definition) is 0. The van der Waals surface area contributed by atoms with Gasteiger partial charge < -0.3 is 0 Å². The van der Waals surface area contributed by atoms with E-state index in [9.17, 15) is 0 Å². The normalized spacial score (nSPS) is 13.7. The largest absolute Gasteiger partial charge is 0.216 e. The van der Waals surface area contributed by atoms with E-state index < -0.39 is 0 Å². The van der Waals surface area contributed by atoms with Gasteiger partial charge in [-0.3, -0.25) is 0 Å². The first-order chi connectivity index (χ1) is 2.81. The van der Waals surface area contributed by atoms with Crippen molar-refractivity contribution in [2.45, 2.75) is 26.3 Å². The van der Waals surface area contributed by atoms with E-state index in [-0.39, 0.29) is 0 Å². The quantitative estimate of drug-likeness (QED) is 0.516. The third-order valence-corrected chi connectivity index (χ3v) is 1.13. The Balaban J connectivity index is 2.96. The van der Waals surface area contributed by atoms with Crippen molar-refractivity contribution in [3.63, 3.8) is 0 Å². The van der Waals surface area contributed by atoms with Crippen LogP contribution in [0.2, 0.25) is 0 Å². The average Bonchev–Trinajstić information content (AvgIpc) is 1.65. The van der Waals surface area contributed by atoms with Crippen LogP contribution in [-0.2, 0) is 12.4 Å². The lowest BCUT2D eigenvalue weighted by Crippen LogP contribution is -1.89. The Morgan fingerprint density at radius 3 is 2.33 bits per heavy atom. The van der Waals surface area contributed by atoms with Gasteiger partial charge >= 0.3 is 0 Å². The van der Waals surface area contributed by atoms with Crippen molar-refractivity contribution in [1.82, 2.24) is 0 Å². The minimum absolute atomic E-state index is 0.375. The molecule has 0 bridgehead atoms. The van der Waals surface area contributed by atoms with Crippen molar-refractivity contribution in [3.05, 3.63) is 0 Å². The molecule has 0 N–H and O–H groups in total. The van der Waals surface area contributed by atoms with Gasteiger partial charge in [-0.05, 0) is 13.3 Å². The van der Waals surface area contributed by atoms with Gasteiger partial charge in [0.15, 0.2) is 0 Å². The van der Waals surface area contributed by atoms with E-state index in [2.05, 4.69) is 23.7 Å². The highest BCUT2D eigenvalue weighted by atomic mass is 32.1. The Labute approximate surface area is 43.9 Å². The zero-order valence-corrected chi connectivity index (χ0v) is 4.96. The fraction of sp³-hybridized carbons (Fsp3) is 1.00. The lowest BCUT2D eigenvalue weighted by Gasteiger charge is -1.91. The Morgan fingerprint density at radius 2 is 2.33 bits per heavy atom. The summed E-state index contributed by atoms with van der Waals surface area (Å²) in [5, 5.41) is 0. The lowest BCUT2D eigenvalue weighted by molar-refractivity contribution is 0.728. The molecule has 0 aliphatic heterocycles. The molecule has 0 saturated heterocycles. The molecule has 0 amide bonds. The SMILES string of the molecule is CC[C@H](C)N=S. The maximum Gasteiger partial charge on any atom is 0.0600 e. The first kappa shape index (κ1) is 6.02. The van der Waals surface area contributed by atoms with Crippen LogP contribution in [-0.4, -0.2) is 6.04 Å². The summed E-state index contributed by atoms with van der Waals surface area (Å²) in [4.78, 5) is 0. The monoisotopic (exact) mass is 103 g/mol. The van der Waals surface area contributed by atoms with Crippen LogP contribution in [0.25, 0.3) is 0 Å². The molecular formula is C4H9NS. The summed E-state index contributed by atoms with van der Waals surface area (Å²) >= 11 is 4.40. The number of nitrogens with zero attached hydrogens (tertiary/aromatic N) is 1. The summed E-state index contributed by atoms with van der Waals surface area (Å²) in [7, 11) is 0. The van der Waals surface area contributed by atoms with Gasteiger partial charge in [0.2, 0.25) is 0 Å². The first-order valence-corrected chi connectivity index (χ1v) is 2.50. The highest BCUT2D eigenvalue weighted by Gasteiger charge is 1.87. The van der Waals surface area contributed by atoms with Crippen LogP contribution in [0.5, 0.6) is 0 Å². The van der Waals surface area contributed by atoms with E-state index in [1.165, 1.54) is 0 Å². The highest BCUT2D eigenvalue weighted by Crippen LogP contribution is 1.90. The molecule has 0 radical (unpaired) electrons. The predicted octanol–water partition coefficient (Wildman–Crippen LogP) is 1.52. The molecule has 0 aromatic heterocycles. The van der Waals surface area contributed by atoms with Gasteiger partial charge in [0.1, 0.15) is 0 Å². The molecule has 0 aliphatic rings. The Kier molecular flexibility index (Phi) is 3.23. The third-order valence-electron chi connectivity index (χ3n) is 0.771. The molecule has 0 aliphatic carbocycles. The predicted molar refractivity (Wildman–Crippen MR) is 29.5 cm³/mol. The minimum atomic E-state index is 0.375. The molecule has 0 unspecified atom stereocenters. The molecule has 36 valence electrons. The summed E-state index contributed by atoms with van der Waals surface area (Å²) in [5.74, 6) is 0. The summed E-state index contributed by atoms with van der Waals surface area (Å²) in [6.45, 7) is 4.08. The topological polar surface area (TPSA) is 12.4 Å². The van der Waals surface area contributed by atoms with Crippen molar-refractivity contribution in [2.24, 2.45) is 4.36 Å². The van der Waals surface area contributed by atoms with Gasteiger partial charge in [0, 0.05) is 12.4 Å². The maximum absolute atomic E-state index is 4.40. The van der Waals surface area contributed by atoms with Crippen LogP contribution in [0.15, 0.2) is 4.36 Å². The highest BCUT2D eigenvalue weighted by molar-refractivity contribution is 7.47. The third kappa shape index (κ3) is 2.27. The van der Waals surface area contributed by atoms with Crippen molar-refractivity contribution >= 4 is 12.4 Å². The standard InChI is InChI=1S/C4H9NS/c1-3-4(2)5-6/h4H,3H2,1-2H3/t4-/m0/s1. The molecule has 0 fully saturated rings. The van der Waals surface area contributed by atoms with Crippen LogP contribution in [0.1, 0.15) is 20.3 Å². The molecule has 0 rings (SSSR count). The fourth-order valence-corrected chi connectivity index (χ4v) is 0.224. The second-order valence-corrected chi connectivity index (χ2v) is 1.57. The summed E-state index contributed by atoms with van der Waals surface area (Å²) in [6, 6.07) is 0.375. The second kappa shape index (κ2) is 3.22. The van der Waals surface area contributed by atoms with E-state index >= 15 is 0 Å². The molecule has 1 atom stereocenters. The van der Waals surface area contributed by atoms with Gasteiger partial charge in [-0.25, -0.2) is 4.36 Å². The molecule has 0 aromatic rings. The summed E-state index contributed by atoms with van der Waals surface area (Å²) in [5.41, 5.74) is 0. The Morgan fingerprint density at radius 1 is 1.83 bits per heavy atom. The van der Waals surface area contributed by atoms with Crippen LogP contribution in [0.3, 0.4) is 0 Å². The van der Waals surface area contributed by atoms with Crippen molar-refractivity contribution in [3.8, 4) is 0 Å². The fourth-order valence-electron chi connectivity index (χ4n) is 0.0745. The van der Waals surface area contributed by atoms with Gasteiger partial charge in [0.05, 0.1) is 6.04 Å². The number of rotatable bonds is 2. The molecule has 0 spiro atoms. The zero-order chi connectivity index (χ0) is 4.99. The van der Waals surface area contributed by atoms with Crippen LogP contribution >= 0.6 is 0 Å². The first-order valence-electron chi connectivity index (χ1n) is 2.13. The van der Waals surface area contributed by atoms with Crippen LogP contribution in [0, 0.1) is 0 Å². The van der Waals surface area contributed by atoms with E-state index in [0.717, 1.165) is 6.42 Å². The van der Waals surface area contributed by atoms with Crippen LogP contribution in [0.4, 0.5) is 0 Å². The summed E-state index contributed by atoms with van der Waals surface area (Å²) < 4.78 is 3.59. The van der Waals surface area contributed by atoms with Gasteiger partial charge in [-0.2, -0.15) is 0 Å². The molecule has 6 heavy (non-hydrogen) atoms. The number of hydrogen-bond acceptors (Lipinski definition) is 2. The molecular weight excluding hydrogens is 94.1 g/mol. The van der Waals surface area contributed by atoms with E-state index in [0.29, 0.717) is 6.04 Å². The van der Waals surface area contributed by atoms with E-state index in [4.69, 9.17) is 0 Å². The zero-order valence-electron chi connectivity index (χ0n) is 4.14. The van der Waals surface area contributed by atoms with E-state index in [1.54, 1.807) is 0 Å². The Hall–Kier alpha value is 0.0200. The molecule has 1 nitrogen and oxygen atoms in total. The smallest absolute Gasteiger partial charge is 0.0600 e. The van der Waals surface area contributed by atoms with Gasteiger partial charge in [-0.15, -0.1) is 0 Å². The van der Waals surface area contributed by atoms with Crippen molar-refractivity contribution in [1.29, 1.82) is 0 Å². The van der Waals surface area contributed by atoms with Crippen molar-refractivity contribution in [2.75, 3.05) is 0 Å². The summed E-state index contributed by atoms with van der Waals surface area (Å²) in [6.07, 6.45) is 1.06. The maximum atomic E-state index is 4.40. The lowest BCUT2D eigenvalue weighted by atomic mass is 10.3. The Bertz CT molecular complexity index is 44.8. The molecule has 2 heteroatoms. The van der Waals surface area contributed by atoms with Crippen molar-refractivity contribution < 1.29 is 0 Å².